The van der Waals surface area contributed by atoms with Crippen LogP contribution in [0.15, 0.2) is 18.2 Å². The smallest absolute Gasteiger partial charge is 0.337 e. The van der Waals surface area contributed by atoms with Gasteiger partial charge >= 0.3 is 5.97 Å². The van der Waals surface area contributed by atoms with E-state index in [0.717, 1.165) is 5.56 Å². The molecule has 0 saturated heterocycles. The third kappa shape index (κ3) is 3.06. The second-order valence-corrected chi connectivity index (χ2v) is 4.19. The van der Waals surface area contributed by atoms with Crippen LogP contribution in [0.4, 0.5) is 5.69 Å². The lowest BCUT2D eigenvalue weighted by Gasteiger charge is -2.08. The van der Waals surface area contributed by atoms with Crippen LogP contribution in [-0.4, -0.2) is 23.5 Å². The highest BCUT2D eigenvalue weighted by Crippen LogP contribution is 2.17. The van der Waals surface area contributed by atoms with Gasteiger partial charge in [-0.05, 0) is 24.6 Å². The average Bonchev–Trinajstić information content (AvgIpc) is 2.19. The Kier molecular flexibility index (Phi) is 3.85. The van der Waals surface area contributed by atoms with Gasteiger partial charge < -0.3 is 9.46 Å². The lowest BCUT2D eigenvalue weighted by Crippen LogP contribution is -2.06. The van der Waals surface area contributed by atoms with Crippen LogP contribution in [0, 0.1) is 6.92 Å². The number of benzene rings is 1. The minimum Gasteiger partial charge on any atom is -0.465 e. The van der Waals surface area contributed by atoms with Crippen LogP contribution >= 0.6 is 0 Å². The molecule has 15 heavy (non-hydrogen) atoms. The van der Waals surface area contributed by atoms with Gasteiger partial charge in [-0.15, -0.1) is 0 Å². The van der Waals surface area contributed by atoms with Gasteiger partial charge in [0.15, 0.2) is 0 Å². The number of anilines is 1. The van der Waals surface area contributed by atoms with E-state index in [2.05, 4.69) is 9.46 Å². The first-order chi connectivity index (χ1) is 7.04. The van der Waals surface area contributed by atoms with Crippen LogP contribution in [0.3, 0.4) is 0 Å². The van der Waals surface area contributed by atoms with E-state index in [1.165, 1.54) is 13.4 Å². The maximum absolute atomic E-state index is 11.2. The molecule has 0 aromatic heterocycles. The van der Waals surface area contributed by atoms with Gasteiger partial charge in [0.2, 0.25) is 0 Å². The predicted octanol–water partition coefficient (Wildman–Crippen LogP) is 1.49. The predicted molar refractivity (Wildman–Crippen MR) is 60.2 cm³/mol. The topological polar surface area (TPSA) is 55.4 Å². The molecule has 0 aliphatic heterocycles. The van der Waals surface area contributed by atoms with E-state index >= 15 is 0 Å². The molecule has 5 heteroatoms. The Labute approximate surface area is 91.2 Å². The monoisotopic (exact) mass is 227 g/mol. The van der Waals surface area contributed by atoms with Gasteiger partial charge in [0.25, 0.3) is 0 Å². The van der Waals surface area contributed by atoms with Crippen molar-refractivity contribution < 1.29 is 13.7 Å². The van der Waals surface area contributed by atoms with Crippen molar-refractivity contribution in [1.29, 1.82) is 0 Å². The second-order valence-electron chi connectivity index (χ2n) is 3.08. The minimum absolute atomic E-state index is 0.403. The zero-order chi connectivity index (χ0) is 11.4. The van der Waals surface area contributed by atoms with Crippen molar-refractivity contribution in [3.8, 4) is 0 Å². The fourth-order valence-electron chi connectivity index (χ4n) is 1.13. The Morgan fingerprint density at radius 2 is 2.13 bits per heavy atom. The van der Waals surface area contributed by atoms with Gasteiger partial charge in [-0.2, -0.15) is 0 Å². The maximum Gasteiger partial charge on any atom is 0.337 e. The molecule has 1 atom stereocenters. The number of hydrogen-bond acceptors (Lipinski definition) is 3. The fourth-order valence-corrected chi connectivity index (χ4v) is 1.66. The van der Waals surface area contributed by atoms with Gasteiger partial charge in [0, 0.05) is 11.9 Å². The van der Waals surface area contributed by atoms with Gasteiger partial charge in [0.1, 0.15) is 11.0 Å². The molecular weight excluding hydrogens is 214 g/mol. The molecule has 1 aromatic rings. The largest absolute Gasteiger partial charge is 0.465 e. The zero-order valence-electron chi connectivity index (χ0n) is 8.87. The average molecular weight is 227 g/mol. The molecule has 1 rings (SSSR count). The zero-order valence-corrected chi connectivity index (χ0v) is 9.68. The molecule has 0 spiro atoms. The maximum atomic E-state index is 11.2. The highest BCUT2D eigenvalue weighted by molar-refractivity contribution is 7.85. The van der Waals surface area contributed by atoms with E-state index in [9.17, 15) is 9.00 Å². The number of carbonyl (C=O) groups is 1. The molecule has 0 fully saturated rings. The Morgan fingerprint density at radius 1 is 1.47 bits per heavy atom. The van der Waals surface area contributed by atoms with E-state index in [1.54, 1.807) is 18.2 Å². The molecule has 82 valence electrons. The molecule has 0 radical (unpaired) electrons. The number of rotatable bonds is 3. The highest BCUT2D eigenvalue weighted by atomic mass is 32.2. The van der Waals surface area contributed by atoms with Crippen LogP contribution in [-0.2, 0) is 15.7 Å². The van der Waals surface area contributed by atoms with Gasteiger partial charge in [-0.25, -0.2) is 9.00 Å². The Hall–Kier alpha value is -1.36. The molecule has 0 bridgehead atoms. The molecule has 0 heterocycles. The number of methoxy groups -OCH3 is 1. The van der Waals surface area contributed by atoms with Crippen molar-refractivity contribution in [3.05, 3.63) is 29.3 Å². The van der Waals surface area contributed by atoms with Crippen molar-refractivity contribution in [1.82, 2.24) is 0 Å². The second kappa shape index (κ2) is 4.93. The third-order valence-corrected chi connectivity index (χ3v) is 2.42. The first-order valence-electron chi connectivity index (χ1n) is 4.33. The van der Waals surface area contributed by atoms with E-state index in [4.69, 9.17) is 0 Å². The molecule has 0 saturated carbocycles. The summed E-state index contributed by atoms with van der Waals surface area (Å²) in [5.74, 6) is -0.403. The van der Waals surface area contributed by atoms with E-state index in [0.29, 0.717) is 11.3 Å². The number of esters is 1. The Morgan fingerprint density at radius 3 is 2.67 bits per heavy atom. The van der Waals surface area contributed by atoms with E-state index in [1.807, 2.05) is 6.92 Å². The number of carbonyl (C=O) groups excluding carboxylic acids is 1. The van der Waals surface area contributed by atoms with E-state index < -0.39 is 17.0 Å². The van der Waals surface area contributed by atoms with Crippen molar-refractivity contribution in [3.63, 3.8) is 0 Å². The summed E-state index contributed by atoms with van der Waals surface area (Å²) in [7, 11) is 0.174. The fraction of sp³-hybridized carbons (Fsp3) is 0.300. The van der Waals surface area contributed by atoms with Crippen LogP contribution in [0.1, 0.15) is 15.9 Å². The summed E-state index contributed by atoms with van der Waals surface area (Å²) in [5, 5.41) is 0. The van der Waals surface area contributed by atoms with E-state index in [-0.39, 0.29) is 0 Å². The molecule has 0 aliphatic rings. The summed E-state index contributed by atoms with van der Waals surface area (Å²) in [6.07, 6.45) is 1.53. The molecule has 0 aliphatic carbocycles. The summed E-state index contributed by atoms with van der Waals surface area (Å²) in [6, 6.07) is 5.08. The quantitative estimate of drug-likeness (QED) is 0.796. The third-order valence-electron chi connectivity index (χ3n) is 1.91. The van der Waals surface area contributed by atoms with Crippen molar-refractivity contribution >= 4 is 22.6 Å². The normalized spacial score (nSPS) is 11.9. The highest BCUT2D eigenvalue weighted by Gasteiger charge is 2.08. The summed E-state index contributed by atoms with van der Waals surface area (Å²) in [6.45, 7) is 1.87. The summed E-state index contributed by atoms with van der Waals surface area (Å²) < 4.78 is 18.4. The molecular formula is C10H13NO3S. The number of aryl methyl sites for hydroxylation is 1. The van der Waals surface area contributed by atoms with Crippen LogP contribution in [0.25, 0.3) is 0 Å². The molecule has 0 amide bonds. The first kappa shape index (κ1) is 11.7. The molecule has 1 unspecified atom stereocenters. The van der Waals surface area contributed by atoms with Crippen LogP contribution in [0.5, 0.6) is 0 Å². The molecule has 1 aromatic carbocycles. The number of ether oxygens (including phenoxy) is 1. The SMILES string of the molecule is COC(=O)c1ccc(C)c(NS(C)=O)c1. The minimum atomic E-state index is -1.15. The first-order valence-corrected chi connectivity index (χ1v) is 5.89. The number of hydrogen-bond donors (Lipinski definition) is 1. The lowest BCUT2D eigenvalue weighted by atomic mass is 10.1. The van der Waals surface area contributed by atoms with Crippen LogP contribution < -0.4 is 4.72 Å². The summed E-state index contributed by atoms with van der Waals surface area (Å²) in [5.41, 5.74) is 2.05. The van der Waals surface area contributed by atoms with Crippen LogP contribution in [0.2, 0.25) is 0 Å². The standard InChI is InChI=1S/C10H13NO3S/c1-7-4-5-8(10(12)14-2)6-9(7)11-15(3)13/h4-6,11H,1-3H3. The summed E-state index contributed by atoms with van der Waals surface area (Å²) in [4.78, 5) is 11.2. The van der Waals surface area contributed by atoms with Crippen molar-refractivity contribution in [2.24, 2.45) is 0 Å². The Balaban J connectivity index is 3.05. The molecule has 1 N–H and O–H groups in total. The molecule has 4 nitrogen and oxygen atoms in total. The Bertz CT molecular complexity index is 404. The lowest BCUT2D eigenvalue weighted by molar-refractivity contribution is 0.0601. The van der Waals surface area contributed by atoms with Gasteiger partial charge in [0.05, 0.1) is 12.7 Å². The van der Waals surface area contributed by atoms with Crippen molar-refractivity contribution in [2.75, 3.05) is 18.1 Å². The number of nitrogens with one attached hydrogen (secondary N) is 1. The summed E-state index contributed by atoms with van der Waals surface area (Å²) >= 11 is 0. The van der Waals surface area contributed by atoms with Gasteiger partial charge in [-0.1, -0.05) is 6.07 Å². The van der Waals surface area contributed by atoms with Crippen molar-refractivity contribution in [2.45, 2.75) is 6.92 Å². The van der Waals surface area contributed by atoms with Gasteiger partial charge in [-0.3, -0.25) is 0 Å².